The van der Waals surface area contributed by atoms with E-state index in [1.165, 1.54) is 0 Å². The van der Waals surface area contributed by atoms with Gasteiger partial charge >= 0.3 is 0 Å². The minimum absolute atomic E-state index is 0.585. The molecule has 2 unspecified atom stereocenters. The van der Waals surface area contributed by atoms with Gasteiger partial charge in [-0.1, -0.05) is 48.5 Å². The lowest BCUT2D eigenvalue weighted by Crippen LogP contribution is -2.04. The summed E-state index contributed by atoms with van der Waals surface area (Å²) < 4.78 is 0. The van der Waals surface area contributed by atoms with Crippen LogP contribution in [0.2, 0.25) is 0 Å². The summed E-state index contributed by atoms with van der Waals surface area (Å²) in [7, 11) is 0. The largest absolute Gasteiger partial charge is 0.389 e. The van der Waals surface area contributed by atoms with Crippen LogP contribution < -0.4 is 0 Å². The third-order valence-corrected chi connectivity index (χ3v) is 3.09. The molecule has 0 aliphatic carbocycles. The third kappa shape index (κ3) is 2.45. The molecule has 0 bridgehead atoms. The smallest absolute Gasteiger partial charge is 0.0771 e. The number of hydrogen-bond acceptors (Lipinski definition) is 2. The summed E-state index contributed by atoms with van der Waals surface area (Å²) in [5.41, 5.74) is 3.62. The van der Waals surface area contributed by atoms with Crippen molar-refractivity contribution in [3.63, 3.8) is 0 Å². The minimum Gasteiger partial charge on any atom is -0.389 e. The first-order valence-electron chi connectivity index (χ1n) is 6.15. The predicted molar refractivity (Wildman–Crippen MR) is 73.1 cm³/mol. The molecule has 0 spiro atoms. The molecule has 18 heavy (non-hydrogen) atoms. The Morgan fingerprint density at radius 3 is 2.00 bits per heavy atom. The fourth-order valence-corrected chi connectivity index (χ4v) is 2.28. The van der Waals surface area contributed by atoms with E-state index in [0.717, 1.165) is 22.3 Å². The second kappa shape index (κ2) is 5.34. The van der Waals surface area contributed by atoms with Crippen molar-refractivity contribution in [2.45, 2.75) is 26.1 Å². The van der Waals surface area contributed by atoms with Crippen molar-refractivity contribution >= 4 is 0 Å². The van der Waals surface area contributed by atoms with Gasteiger partial charge in [0.05, 0.1) is 12.2 Å². The summed E-state index contributed by atoms with van der Waals surface area (Å²) in [6, 6.07) is 15.7. The van der Waals surface area contributed by atoms with Gasteiger partial charge in [-0.25, -0.2) is 0 Å². The molecule has 0 aromatic heterocycles. The molecule has 2 nitrogen and oxygen atoms in total. The third-order valence-electron chi connectivity index (χ3n) is 3.09. The standard InChI is InChI=1S/C16H18O2/c1-11(17)14-9-6-10-15(16(14)12(2)18)13-7-4-3-5-8-13/h3-12,17-18H,1-2H3. The minimum atomic E-state index is -0.606. The first kappa shape index (κ1) is 12.8. The van der Waals surface area contributed by atoms with Crippen molar-refractivity contribution in [3.8, 4) is 11.1 Å². The Hall–Kier alpha value is -1.64. The second-order valence-electron chi connectivity index (χ2n) is 4.53. The Balaban J connectivity index is 2.64. The monoisotopic (exact) mass is 242 g/mol. The Bertz CT molecular complexity index is 516. The summed E-state index contributed by atoms with van der Waals surface area (Å²) in [6.07, 6.45) is -1.19. The van der Waals surface area contributed by atoms with Crippen LogP contribution in [0.1, 0.15) is 37.2 Å². The molecule has 0 saturated carbocycles. The Labute approximate surface area is 108 Å². The van der Waals surface area contributed by atoms with Gasteiger partial charge in [0.15, 0.2) is 0 Å². The topological polar surface area (TPSA) is 40.5 Å². The molecule has 2 N–H and O–H groups in total. The van der Waals surface area contributed by atoms with Crippen LogP contribution in [-0.2, 0) is 0 Å². The highest BCUT2D eigenvalue weighted by Gasteiger charge is 2.16. The van der Waals surface area contributed by atoms with Gasteiger partial charge in [0.1, 0.15) is 0 Å². The van der Waals surface area contributed by atoms with E-state index in [0.29, 0.717) is 0 Å². The lowest BCUT2D eigenvalue weighted by molar-refractivity contribution is 0.176. The Morgan fingerprint density at radius 1 is 0.778 bits per heavy atom. The van der Waals surface area contributed by atoms with Crippen LogP contribution in [0.5, 0.6) is 0 Å². The van der Waals surface area contributed by atoms with Crippen LogP contribution in [0.15, 0.2) is 48.5 Å². The summed E-state index contributed by atoms with van der Waals surface area (Å²) in [5, 5.41) is 19.8. The molecule has 2 aromatic rings. The molecule has 0 heterocycles. The zero-order chi connectivity index (χ0) is 13.1. The van der Waals surface area contributed by atoms with Crippen molar-refractivity contribution in [1.29, 1.82) is 0 Å². The van der Waals surface area contributed by atoms with Gasteiger partial charge in [0.25, 0.3) is 0 Å². The lowest BCUT2D eigenvalue weighted by Gasteiger charge is -2.19. The zero-order valence-corrected chi connectivity index (χ0v) is 10.7. The fourth-order valence-electron chi connectivity index (χ4n) is 2.28. The molecule has 0 aliphatic rings. The van der Waals surface area contributed by atoms with Crippen LogP contribution in [0.4, 0.5) is 0 Å². The quantitative estimate of drug-likeness (QED) is 0.865. The molecule has 0 saturated heterocycles. The SMILES string of the molecule is CC(O)c1cccc(-c2ccccc2)c1C(C)O. The summed E-state index contributed by atoms with van der Waals surface area (Å²) in [5.74, 6) is 0. The van der Waals surface area contributed by atoms with Crippen molar-refractivity contribution < 1.29 is 10.2 Å². The number of hydrogen-bond donors (Lipinski definition) is 2. The molecular formula is C16H18O2. The fraction of sp³-hybridized carbons (Fsp3) is 0.250. The molecule has 2 aromatic carbocycles. The van der Waals surface area contributed by atoms with E-state index >= 15 is 0 Å². The average Bonchev–Trinajstić information content (AvgIpc) is 2.38. The van der Waals surface area contributed by atoms with Gasteiger partial charge in [-0.05, 0) is 36.1 Å². The average molecular weight is 242 g/mol. The maximum absolute atomic E-state index is 9.98. The highest BCUT2D eigenvalue weighted by atomic mass is 16.3. The van der Waals surface area contributed by atoms with E-state index in [1.807, 2.05) is 48.5 Å². The highest BCUT2D eigenvalue weighted by Crippen LogP contribution is 2.33. The lowest BCUT2D eigenvalue weighted by atomic mass is 9.90. The maximum atomic E-state index is 9.98. The molecule has 0 aliphatic heterocycles. The van der Waals surface area contributed by atoms with E-state index in [2.05, 4.69) is 0 Å². The van der Waals surface area contributed by atoms with E-state index in [-0.39, 0.29) is 0 Å². The highest BCUT2D eigenvalue weighted by molar-refractivity contribution is 5.69. The Kier molecular flexibility index (Phi) is 3.80. The van der Waals surface area contributed by atoms with Crippen LogP contribution in [0.25, 0.3) is 11.1 Å². The molecule has 94 valence electrons. The molecule has 0 fully saturated rings. The second-order valence-corrected chi connectivity index (χ2v) is 4.53. The van der Waals surface area contributed by atoms with Crippen molar-refractivity contribution in [1.82, 2.24) is 0 Å². The van der Waals surface area contributed by atoms with Crippen LogP contribution >= 0.6 is 0 Å². The van der Waals surface area contributed by atoms with Crippen molar-refractivity contribution in [2.24, 2.45) is 0 Å². The first-order chi connectivity index (χ1) is 8.61. The van der Waals surface area contributed by atoms with Gasteiger partial charge in [0.2, 0.25) is 0 Å². The molecule has 2 atom stereocenters. The van der Waals surface area contributed by atoms with E-state index in [9.17, 15) is 10.2 Å². The van der Waals surface area contributed by atoms with Crippen molar-refractivity contribution in [2.75, 3.05) is 0 Å². The molecule has 2 rings (SSSR count). The summed E-state index contributed by atoms with van der Waals surface area (Å²) in [4.78, 5) is 0. The number of rotatable bonds is 3. The number of aliphatic hydroxyl groups is 2. The van der Waals surface area contributed by atoms with Gasteiger partial charge in [-0.2, -0.15) is 0 Å². The van der Waals surface area contributed by atoms with E-state index < -0.39 is 12.2 Å². The van der Waals surface area contributed by atoms with Crippen LogP contribution in [0.3, 0.4) is 0 Å². The molecule has 0 radical (unpaired) electrons. The van der Waals surface area contributed by atoms with E-state index in [4.69, 9.17) is 0 Å². The predicted octanol–water partition coefficient (Wildman–Crippen LogP) is 3.46. The van der Waals surface area contributed by atoms with Crippen molar-refractivity contribution in [3.05, 3.63) is 59.7 Å². The van der Waals surface area contributed by atoms with Crippen LogP contribution in [-0.4, -0.2) is 10.2 Å². The Morgan fingerprint density at radius 2 is 1.44 bits per heavy atom. The van der Waals surface area contributed by atoms with Gasteiger partial charge < -0.3 is 10.2 Å². The molecule has 2 heteroatoms. The normalized spacial score (nSPS) is 14.2. The zero-order valence-electron chi connectivity index (χ0n) is 10.7. The van der Waals surface area contributed by atoms with Gasteiger partial charge in [-0.15, -0.1) is 0 Å². The summed E-state index contributed by atoms with van der Waals surface area (Å²) in [6.45, 7) is 3.45. The number of benzene rings is 2. The summed E-state index contributed by atoms with van der Waals surface area (Å²) >= 11 is 0. The molecule has 0 amide bonds. The van der Waals surface area contributed by atoms with Gasteiger partial charge in [-0.3, -0.25) is 0 Å². The maximum Gasteiger partial charge on any atom is 0.0771 e. The van der Waals surface area contributed by atoms with Gasteiger partial charge in [0, 0.05) is 0 Å². The first-order valence-corrected chi connectivity index (χ1v) is 6.15. The molecular weight excluding hydrogens is 224 g/mol. The van der Waals surface area contributed by atoms with E-state index in [1.54, 1.807) is 13.8 Å². The van der Waals surface area contributed by atoms with Crippen LogP contribution in [0, 0.1) is 0 Å². The number of aliphatic hydroxyl groups excluding tert-OH is 2.